The van der Waals surface area contributed by atoms with Crippen LogP contribution in [0.1, 0.15) is 56.1 Å². The SMILES string of the molecule is COC(=O)c1cc2c(s1)c(NC(=O)c1ccc(OC3CCN(C)CC3)cc1)nn2C(=O)c1ccc(OC2CCN(C)CC2)cc1. The van der Waals surface area contributed by atoms with Gasteiger partial charge in [-0.05, 0) is 94.4 Å². The lowest BCUT2D eigenvalue weighted by atomic mass is 10.1. The van der Waals surface area contributed by atoms with E-state index < -0.39 is 17.8 Å². The Morgan fingerprint density at radius 3 is 1.82 bits per heavy atom. The number of esters is 1. The zero-order valence-corrected chi connectivity index (χ0v) is 26.5. The van der Waals surface area contributed by atoms with Crippen LogP contribution >= 0.6 is 11.3 Å². The van der Waals surface area contributed by atoms with Gasteiger partial charge in [0.15, 0.2) is 5.82 Å². The van der Waals surface area contributed by atoms with Gasteiger partial charge in [-0.2, -0.15) is 4.68 Å². The number of nitrogens with zero attached hydrogens (tertiary/aromatic N) is 4. The topological polar surface area (TPSA) is 115 Å². The Labute approximate surface area is 265 Å². The van der Waals surface area contributed by atoms with Gasteiger partial charge in [-0.15, -0.1) is 16.4 Å². The number of ether oxygens (including phenoxy) is 3. The number of carbonyl (C=O) groups is 3. The van der Waals surface area contributed by atoms with E-state index in [1.807, 2.05) is 0 Å². The zero-order valence-electron chi connectivity index (χ0n) is 25.7. The van der Waals surface area contributed by atoms with Gasteiger partial charge in [0.05, 0.1) is 17.3 Å². The van der Waals surface area contributed by atoms with Crippen LogP contribution in [-0.2, 0) is 4.74 Å². The predicted molar refractivity (Wildman–Crippen MR) is 172 cm³/mol. The molecule has 1 amide bonds. The van der Waals surface area contributed by atoms with Gasteiger partial charge < -0.3 is 29.3 Å². The van der Waals surface area contributed by atoms with Gasteiger partial charge in [0, 0.05) is 37.3 Å². The average molecular weight is 632 g/mol. The highest BCUT2D eigenvalue weighted by Crippen LogP contribution is 2.33. The molecule has 2 aliphatic rings. The van der Waals surface area contributed by atoms with Gasteiger partial charge >= 0.3 is 5.97 Å². The fourth-order valence-corrected chi connectivity index (χ4v) is 6.59. The number of methoxy groups -OCH3 is 1. The van der Waals surface area contributed by atoms with Crippen molar-refractivity contribution in [1.29, 1.82) is 0 Å². The van der Waals surface area contributed by atoms with E-state index in [0.717, 1.165) is 63.2 Å². The summed E-state index contributed by atoms with van der Waals surface area (Å²) >= 11 is 1.10. The molecular weight excluding hydrogens is 594 g/mol. The molecule has 0 saturated carbocycles. The van der Waals surface area contributed by atoms with Crippen molar-refractivity contribution in [3.8, 4) is 11.5 Å². The summed E-state index contributed by atoms with van der Waals surface area (Å²) in [5.41, 5.74) is 1.19. The minimum absolute atomic E-state index is 0.144. The molecule has 45 heavy (non-hydrogen) atoms. The average Bonchev–Trinajstić information content (AvgIpc) is 3.64. The third-order valence-corrected chi connectivity index (χ3v) is 9.43. The first-order chi connectivity index (χ1) is 21.8. The van der Waals surface area contributed by atoms with Crippen molar-refractivity contribution < 1.29 is 28.6 Å². The first-order valence-corrected chi connectivity index (χ1v) is 16.0. The van der Waals surface area contributed by atoms with Crippen LogP contribution in [-0.4, -0.2) is 97.0 Å². The predicted octanol–water partition coefficient (Wildman–Crippen LogP) is 4.77. The first-order valence-electron chi connectivity index (χ1n) is 15.1. The van der Waals surface area contributed by atoms with Crippen LogP contribution < -0.4 is 14.8 Å². The number of amides is 1. The van der Waals surface area contributed by atoms with E-state index in [-0.39, 0.29) is 18.0 Å². The Kier molecular flexibility index (Phi) is 9.15. The number of thiophene rings is 1. The monoisotopic (exact) mass is 631 g/mol. The number of benzene rings is 2. The maximum Gasteiger partial charge on any atom is 0.348 e. The number of aromatic nitrogens is 2. The zero-order chi connectivity index (χ0) is 31.5. The second kappa shape index (κ2) is 13.4. The van der Waals surface area contributed by atoms with Crippen LogP contribution in [0.25, 0.3) is 10.2 Å². The number of carbonyl (C=O) groups excluding carboxylic acids is 3. The molecule has 11 nitrogen and oxygen atoms in total. The van der Waals surface area contributed by atoms with Gasteiger partial charge in [0.1, 0.15) is 28.6 Å². The van der Waals surface area contributed by atoms with Crippen LogP contribution in [0, 0.1) is 0 Å². The quantitative estimate of drug-likeness (QED) is 0.275. The summed E-state index contributed by atoms with van der Waals surface area (Å²) in [6.45, 7) is 3.96. The van der Waals surface area contributed by atoms with E-state index in [4.69, 9.17) is 14.2 Å². The molecule has 0 unspecified atom stereocenters. The van der Waals surface area contributed by atoms with E-state index in [2.05, 4.69) is 34.3 Å². The number of anilines is 1. The van der Waals surface area contributed by atoms with Gasteiger partial charge in [0.25, 0.3) is 11.8 Å². The molecule has 0 radical (unpaired) electrons. The van der Waals surface area contributed by atoms with Crippen LogP contribution in [0.4, 0.5) is 5.82 Å². The molecule has 0 spiro atoms. The van der Waals surface area contributed by atoms with Gasteiger partial charge in [-0.25, -0.2) is 4.79 Å². The first kappa shape index (κ1) is 30.8. The van der Waals surface area contributed by atoms with E-state index in [1.165, 1.54) is 11.8 Å². The second-order valence-electron chi connectivity index (χ2n) is 11.6. The number of hydrogen-bond acceptors (Lipinski definition) is 10. The minimum atomic E-state index is -0.539. The van der Waals surface area contributed by atoms with Gasteiger partial charge in [0.2, 0.25) is 0 Å². The van der Waals surface area contributed by atoms with Gasteiger partial charge in [-0.1, -0.05) is 0 Å². The van der Waals surface area contributed by atoms with E-state index in [0.29, 0.717) is 37.7 Å². The standard InChI is InChI=1S/C33H37N5O6S/c1-36-16-12-25(13-17-36)43-23-8-4-21(5-9-23)31(39)34-30-29-27(20-28(45-29)33(41)42-3)38(35-30)32(40)22-6-10-24(11-7-22)44-26-14-18-37(2)19-15-26/h4-11,20,25-26H,12-19H2,1-3H3,(H,34,35,39). The number of rotatable bonds is 8. The number of piperidine rings is 2. The van der Waals surface area contributed by atoms with E-state index in [1.54, 1.807) is 54.6 Å². The number of hydrogen-bond donors (Lipinski definition) is 1. The summed E-state index contributed by atoms with van der Waals surface area (Å²) < 4.78 is 18.8. The molecule has 0 bridgehead atoms. The minimum Gasteiger partial charge on any atom is -0.490 e. The number of likely N-dealkylation sites (tertiary alicyclic amines) is 2. The maximum absolute atomic E-state index is 13.6. The molecular formula is C33H37N5O6S. The highest BCUT2D eigenvalue weighted by Gasteiger charge is 2.25. The van der Waals surface area contributed by atoms with Crippen LogP contribution in [0.5, 0.6) is 11.5 Å². The highest BCUT2D eigenvalue weighted by atomic mass is 32.1. The lowest BCUT2D eigenvalue weighted by Gasteiger charge is -2.29. The highest BCUT2D eigenvalue weighted by molar-refractivity contribution is 7.21. The van der Waals surface area contributed by atoms with E-state index >= 15 is 0 Å². The Balaban J connectivity index is 1.19. The molecule has 1 N–H and O–H groups in total. The number of fused-ring (bicyclic) bond motifs is 1. The normalized spacial score (nSPS) is 16.9. The fourth-order valence-electron chi connectivity index (χ4n) is 5.60. The molecule has 4 aromatic rings. The third-order valence-electron chi connectivity index (χ3n) is 8.32. The van der Waals surface area contributed by atoms with Gasteiger partial charge in [-0.3, -0.25) is 9.59 Å². The third kappa shape index (κ3) is 7.03. The maximum atomic E-state index is 13.6. The van der Waals surface area contributed by atoms with Crippen molar-refractivity contribution in [3.63, 3.8) is 0 Å². The second-order valence-corrected chi connectivity index (χ2v) is 12.7. The van der Waals surface area contributed by atoms with Crippen molar-refractivity contribution in [2.45, 2.75) is 37.9 Å². The molecule has 6 rings (SSSR count). The molecule has 2 aliphatic heterocycles. The Bertz CT molecular complexity index is 1670. The van der Waals surface area contributed by atoms with Crippen molar-refractivity contribution in [2.24, 2.45) is 0 Å². The van der Waals surface area contributed by atoms with Crippen molar-refractivity contribution in [1.82, 2.24) is 19.6 Å². The lowest BCUT2D eigenvalue weighted by Crippen LogP contribution is -2.35. The van der Waals surface area contributed by atoms with Crippen molar-refractivity contribution in [2.75, 3.05) is 52.7 Å². The summed E-state index contributed by atoms with van der Waals surface area (Å²) in [6, 6.07) is 15.5. The summed E-state index contributed by atoms with van der Waals surface area (Å²) in [5.74, 6) is 0.243. The largest absolute Gasteiger partial charge is 0.490 e. The summed E-state index contributed by atoms with van der Waals surface area (Å²) in [6.07, 6.45) is 4.12. The molecule has 236 valence electrons. The molecule has 2 aromatic carbocycles. The summed E-state index contributed by atoms with van der Waals surface area (Å²) in [5, 5.41) is 7.30. The van der Waals surface area contributed by atoms with E-state index in [9.17, 15) is 14.4 Å². The fraction of sp³-hybridized carbons (Fsp3) is 0.394. The molecule has 12 heteroatoms. The number of nitrogens with one attached hydrogen (secondary N) is 1. The molecule has 2 aromatic heterocycles. The van der Waals surface area contributed by atoms with Crippen LogP contribution in [0.2, 0.25) is 0 Å². The summed E-state index contributed by atoms with van der Waals surface area (Å²) in [4.78, 5) is 44.1. The Morgan fingerprint density at radius 2 is 1.31 bits per heavy atom. The lowest BCUT2D eigenvalue weighted by molar-refractivity contribution is 0.0606. The Hall–Kier alpha value is -4.26. The molecule has 2 saturated heterocycles. The smallest absolute Gasteiger partial charge is 0.348 e. The van der Waals surface area contributed by atoms with Crippen molar-refractivity contribution >= 4 is 45.2 Å². The molecule has 0 atom stereocenters. The Morgan fingerprint density at radius 1 is 0.800 bits per heavy atom. The molecule has 4 heterocycles. The molecule has 2 fully saturated rings. The van der Waals surface area contributed by atoms with Crippen molar-refractivity contribution in [3.05, 3.63) is 70.6 Å². The summed E-state index contributed by atoms with van der Waals surface area (Å²) in [7, 11) is 5.50. The molecule has 0 aliphatic carbocycles. The van der Waals surface area contributed by atoms with Crippen LogP contribution in [0.3, 0.4) is 0 Å². The van der Waals surface area contributed by atoms with Crippen LogP contribution in [0.15, 0.2) is 54.6 Å².